The predicted octanol–water partition coefficient (Wildman–Crippen LogP) is 2.48. The van der Waals surface area contributed by atoms with Crippen molar-refractivity contribution in [3.05, 3.63) is 38.4 Å². The van der Waals surface area contributed by atoms with E-state index < -0.39 is 16.0 Å². The Kier molecular flexibility index (Phi) is 3.87. The highest BCUT2D eigenvalue weighted by atomic mass is 32.2. The number of carboxylic acids is 1. The zero-order valence-electron chi connectivity index (χ0n) is 11.0. The lowest BCUT2D eigenvalue weighted by molar-refractivity contribution is 0.0702. The van der Waals surface area contributed by atoms with Crippen LogP contribution in [0.1, 0.15) is 31.4 Å². The van der Waals surface area contributed by atoms with E-state index in [1.165, 1.54) is 29.0 Å². The van der Waals surface area contributed by atoms with E-state index in [2.05, 4.69) is 10.8 Å². The Balaban J connectivity index is 1.71. The van der Waals surface area contributed by atoms with Gasteiger partial charge >= 0.3 is 5.97 Å². The maximum atomic E-state index is 12.1. The summed E-state index contributed by atoms with van der Waals surface area (Å²) in [4.78, 5) is 13.2. The highest BCUT2D eigenvalue weighted by Crippen LogP contribution is 2.31. The Morgan fingerprint density at radius 2 is 2.10 bits per heavy atom. The number of sulfonamides is 1. The summed E-state index contributed by atoms with van der Waals surface area (Å²) in [5.74, 6) is -1.11. The van der Waals surface area contributed by atoms with Crippen molar-refractivity contribution < 1.29 is 18.3 Å². The Morgan fingerprint density at radius 3 is 2.76 bits per heavy atom. The molecule has 2 heterocycles. The number of hydrogen-bond donors (Lipinski definition) is 2. The molecule has 0 spiro atoms. The molecule has 0 saturated carbocycles. The summed E-state index contributed by atoms with van der Waals surface area (Å²) in [6, 6.07) is 4.69. The minimum absolute atomic E-state index is 0.0190. The normalized spacial score (nSPS) is 14.3. The van der Waals surface area contributed by atoms with Gasteiger partial charge in [-0.15, -0.1) is 22.7 Å². The van der Waals surface area contributed by atoms with Crippen molar-refractivity contribution in [1.82, 2.24) is 4.72 Å². The molecule has 0 atom stereocenters. The zero-order chi connectivity index (χ0) is 15.0. The molecule has 1 aliphatic carbocycles. The van der Waals surface area contributed by atoms with E-state index in [1.807, 2.05) is 0 Å². The van der Waals surface area contributed by atoms with Crippen molar-refractivity contribution in [3.63, 3.8) is 0 Å². The van der Waals surface area contributed by atoms with E-state index in [1.54, 1.807) is 11.3 Å². The van der Waals surface area contributed by atoms with Crippen LogP contribution < -0.4 is 4.72 Å². The molecule has 3 rings (SSSR count). The number of hydrogen-bond acceptors (Lipinski definition) is 5. The third kappa shape index (κ3) is 3.03. The molecule has 0 bridgehead atoms. The smallest absolute Gasteiger partial charge is 0.345 e. The van der Waals surface area contributed by atoms with Crippen molar-refractivity contribution in [2.45, 2.75) is 30.0 Å². The lowest BCUT2D eigenvalue weighted by atomic mass is 10.2. The van der Waals surface area contributed by atoms with E-state index in [9.17, 15) is 13.2 Å². The summed E-state index contributed by atoms with van der Waals surface area (Å²) in [6.45, 7) is 0.250. The molecular weight excluding hydrogens is 330 g/mol. The van der Waals surface area contributed by atoms with Crippen molar-refractivity contribution in [2.75, 3.05) is 0 Å². The second kappa shape index (κ2) is 5.53. The molecular formula is C13H13NO4S3. The average Bonchev–Trinajstić information content (AvgIpc) is 3.11. The van der Waals surface area contributed by atoms with Gasteiger partial charge in [-0.05, 0) is 43.0 Å². The van der Waals surface area contributed by atoms with Crippen LogP contribution in [-0.4, -0.2) is 19.5 Å². The number of nitrogens with one attached hydrogen (secondary N) is 1. The van der Waals surface area contributed by atoms with Gasteiger partial charge in [0.25, 0.3) is 0 Å². The second-order valence-corrected chi connectivity index (χ2v) is 9.06. The quantitative estimate of drug-likeness (QED) is 0.873. The summed E-state index contributed by atoms with van der Waals surface area (Å²) in [5.41, 5.74) is 1.33. The van der Waals surface area contributed by atoms with Crippen molar-refractivity contribution >= 4 is 38.7 Å². The summed E-state index contributed by atoms with van der Waals surface area (Å²) >= 11 is 2.41. The molecule has 5 nitrogen and oxygen atoms in total. The summed E-state index contributed by atoms with van der Waals surface area (Å²) in [7, 11) is -3.65. The molecule has 8 heteroatoms. The van der Waals surface area contributed by atoms with Gasteiger partial charge in [0.05, 0.1) is 0 Å². The standard InChI is InChI=1S/C13H13NO4S3/c15-13(16)11-4-5-12(20-11)21(17,18)14-7-9-6-8-2-1-3-10(8)19-9/h4-6,14H,1-3,7H2,(H,15,16). The van der Waals surface area contributed by atoms with Crippen molar-refractivity contribution in [3.8, 4) is 0 Å². The Labute approximate surface area is 130 Å². The van der Waals surface area contributed by atoms with Crippen LogP contribution in [0, 0.1) is 0 Å². The van der Waals surface area contributed by atoms with Gasteiger partial charge in [-0.25, -0.2) is 17.9 Å². The molecule has 1 aliphatic rings. The SMILES string of the molecule is O=C(O)c1ccc(S(=O)(=O)NCc2cc3c(s2)CCC3)s1. The van der Waals surface area contributed by atoms with Gasteiger partial charge in [-0.2, -0.15) is 0 Å². The fraction of sp³-hybridized carbons (Fsp3) is 0.308. The molecule has 0 fully saturated rings. The molecule has 21 heavy (non-hydrogen) atoms. The number of rotatable bonds is 5. The minimum Gasteiger partial charge on any atom is -0.477 e. The van der Waals surface area contributed by atoms with Gasteiger partial charge in [-0.1, -0.05) is 0 Å². The van der Waals surface area contributed by atoms with Gasteiger partial charge in [0, 0.05) is 16.3 Å². The number of carboxylic acid groups (broad SMARTS) is 1. The van der Waals surface area contributed by atoms with E-state index >= 15 is 0 Å². The molecule has 0 saturated heterocycles. The summed E-state index contributed by atoms with van der Waals surface area (Å²) in [6.07, 6.45) is 3.34. The zero-order valence-corrected chi connectivity index (χ0v) is 13.4. The summed E-state index contributed by atoms with van der Waals surface area (Å²) < 4.78 is 26.8. The number of aryl methyl sites for hydroxylation is 2. The first-order chi connectivity index (χ1) is 9.95. The molecule has 0 amide bonds. The van der Waals surface area contributed by atoms with E-state index in [0.29, 0.717) is 0 Å². The fourth-order valence-corrected chi connectivity index (χ4v) is 5.78. The number of thiophene rings is 2. The number of carbonyl (C=O) groups is 1. The lowest BCUT2D eigenvalue weighted by Gasteiger charge is -2.02. The molecule has 2 aromatic rings. The van der Waals surface area contributed by atoms with Crippen LogP contribution in [0.5, 0.6) is 0 Å². The molecule has 2 N–H and O–H groups in total. The minimum atomic E-state index is -3.65. The van der Waals surface area contributed by atoms with Crippen LogP contribution in [0.15, 0.2) is 22.4 Å². The average molecular weight is 343 g/mol. The largest absolute Gasteiger partial charge is 0.477 e. The van der Waals surface area contributed by atoms with Crippen LogP contribution in [0.2, 0.25) is 0 Å². The lowest BCUT2D eigenvalue weighted by Crippen LogP contribution is -2.21. The van der Waals surface area contributed by atoms with Crippen molar-refractivity contribution in [1.29, 1.82) is 0 Å². The summed E-state index contributed by atoms with van der Waals surface area (Å²) in [5, 5.41) is 8.84. The van der Waals surface area contributed by atoms with E-state index in [-0.39, 0.29) is 15.6 Å². The Hall–Kier alpha value is -1.22. The molecule has 2 aromatic heterocycles. The van der Waals surface area contributed by atoms with Crippen LogP contribution in [0.3, 0.4) is 0 Å². The molecule has 0 radical (unpaired) electrons. The van der Waals surface area contributed by atoms with Crippen LogP contribution in [-0.2, 0) is 29.4 Å². The molecule has 0 aliphatic heterocycles. The predicted molar refractivity (Wildman–Crippen MR) is 81.6 cm³/mol. The van der Waals surface area contributed by atoms with Crippen LogP contribution in [0.4, 0.5) is 0 Å². The van der Waals surface area contributed by atoms with Crippen LogP contribution >= 0.6 is 22.7 Å². The first-order valence-electron chi connectivity index (χ1n) is 6.39. The maximum Gasteiger partial charge on any atom is 0.345 e. The van der Waals surface area contributed by atoms with Gasteiger partial charge in [0.15, 0.2) is 0 Å². The first kappa shape index (κ1) is 14.7. The van der Waals surface area contributed by atoms with E-state index in [0.717, 1.165) is 29.1 Å². The van der Waals surface area contributed by atoms with Gasteiger partial charge in [0.2, 0.25) is 10.0 Å². The van der Waals surface area contributed by atoms with Crippen LogP contribution in [0.25, 0.3) is 0 Å². The fourth-order valence-electron chi connectivity index (χ4n) is 2.29. The van der Waals surface area contributed by atoms with Gasteiger partial charge < -0.3 is 5.11 Å². The topological polar surface area (TPSA) is 83.5 Å². The third-order valence-corrected chi connectivity index (χ3v) is 7.49. The Morgan fingerprint density at radius 1 is 1.29 bits per heavy atom. The first-order valence-corrected chi connectivity index (χ1v) is 9.50. The van der Waals surface area contributed by atoms with Gasteiger partial charge in [-0.3, -0.25) is 0 Å². The monoisotopic (exact) mass is 343 g/mol. The highest BCUT2D eigenvalue weighted by Gasteiger charge is 2.20. The molecule has 0 aromatic carbocycles. The molecule has 0 unspecified atom stereocenters. The number of aromatic carboxylic acids is 1. The second-order valence-electron chi connectivity index (χ2n) is 4.76. The van der Waals surface area contributed by atoms with Gasteiger partial charge in [0.1, 0.15) is 9.09 Å². The Bertz CT molecular complexity index is 767. The number of fused-ring (bicyclic) bond motifs is 1. The van der Waals surface area contributed by atoms with Crippen molar-refractivity contribution in [2.24, 2.45) is 0 Å². The third-order valence-electron chi connectivity index (χ3n) is 3.29. The molecule has 112 valence electrons. The van der Waals surface area contributed by atoms with E-state index in [4.69, 9.17) is 5.11 Å². The maximum absolute atomic E-state index is 12.1. The highest BCUT2D eigenvalue weighted by molar-refractivity contribution is 7.91.